The highest BCUT2D eigenvalue weighted by Crippen LogP contribution is 2.29. The van der Waals surface area contributed by atoms with Crippen molar-refractivity contribution < 1.29 is 9.35 Å². The van der Waals surface area contributed by atoms with Crippen LogP contribution in [0.25, 0.3) is 0 Å². The number of nitrogens with zero attached hydrogens (tertiary/aromatic N) is 4. The zero-order valence-corrected chi connectivity index (χ0v) is 17.8. The second-order valence-corrected chi connectivity index (χ2v) is 10.0. The smallest absolute Gasteiger partial charge is 0.254 e. The molecule has 1 aliphatic rings. The molecule has 1 aliphatic heterocycles. The van der Waals surface area contributed by atoms with Gasteiger partial charge in [0.1, 0.15) is 27.1 Å². The third kappa shape index (κ3) is 4.69. The van der Waals surface area contributed by atoms with Crippen molar-refractivity contribution in [1.29, 1.82) is 0 Å². The van der Waals surface area contributed by atoms with Crippen molar-refractivity contribution in [2.45, 2.75) is 51.3 Å². The van der Waals surface area contributed by atoms with Crippen molar-refractivity contribution >= 4 is 40.9 Å². The van der Waals surface area contributed by atoms with E-state index >= 15 is 0 Å². The number of amides is 1. The first-order chi connectivity index (χ1) is 12.0. The molecule has 1 amide bonds. The second-order valence-electron chi connectivity index (χ2n) is 7.71. The van der Waals surface area contributed by atoms with E-state index in [-0.39, 0.29) is 11.1 Å². The maximum atomic E-state index is 12.7. The molecular weight excluding hydrogens is 372 g/mol. The van der Waals surface area contributed by atoms with E-state index in [2.05, 4.69) is 21.2 Å². The van der Waals surface area contributed by atoms with Gasteiger partial charge in [-0.2, -0.15) is 0 Å². The molecule has 0 saturated carbocycles. The topological polar surface area (TPSA) is 71.9 Å². The van der Waals surface area contributed by atoms with E-state index in [4.69, 9.17) is 11.6 Å². The molecule has 1 aromatic rings. The fraction of sp³-hybridized carbons (Fsp3) is 0.611. The minimum Gasteiger partial charge on any atom is -0.591 e. The zero-order valence-electron chi connectivity index (χ0n) is 16.2. The molecule has 0 N–H and O–H groups in total. The van der Waals surface area contributed by atoms with E-state index in [1.807, 2.05) is 20.8 Å². The second kappa shape index (κ2) is 8.15. The van der Waals surface area contributed by atoms with E-state index in [9.17, 15) is 9.35 Å². The van der Waals surface area contributed by atoms with Crippen molar-refractivity contribution in [2.75, 3.05) is 25.5 Å². The first kappa shape index (κ1) is 21.0. The Bertz CT molecular complexity index is 703. The third-order valence-electron chi connectivity index (χ3n) is 4.28. The minimum absolute atomic E-state index is 0.189. The number of carbonyl (C=O) groups excluding carboxylic acids is 1. The van der Waals surface area contributed by atoms with E-state index in [0.717, 1.165) is 19.4 Å². The van der Waals surface area contributed by atoms with Gasteiger partial charge in [-0.3, -0.25) is 4.79 Å². The molecule has 0 aromatic carbocycles. The monoisotopic (exact) mass is 398 g/mol. The SMILES string of the molecule is C[C@@H]1CCCN1c1cc(C(=O)N(C)C)c(C=N[S+]([O-])C(C)(C)C)c(Cl)n1. The molecule has 1 unspecified atom stereocenters. The van der Waals surface area contributed by atoms with Crippen LogP contribution in [0.4, 0.5) is 5.82 Å². The summed E-state index contributed by atoms with van der Waals surface area (Å²) in [4.78, 5) is 20.8. The van der Waals surface area contributed by atoms with Crippen LogP contribution in [-0.4, -0.2) is 58.0 Å². The quantitative estimate of drug-likeness (QED) is 0.443. The Kier molecular flexibility index (Phi) is 6.58. The Balaban J connectivity index is 2.49. The van der Waals surface area contributed by atoms with Gasteiger partial charge in [-0.25, -0.2) is 4.98 Å². The lowest BCUT2D eigenvalue weighted by Gasteiger charge is -2.24. The molecule has 144 valence electrons. The minimum atomic E-state index is -1.44. The summed E-state index contributed by atoms with van der Waals surface area (Å²) in [7, 11) is 3.37. The molecule has 6 nitrogen and oxygen atoms in total. The zero-order chi connectivity index (χ0) is 19.6. The summed E-state index contributed by atoms with van der Waals surface area (Å²) >= 11 is 4.96. The van der Waals surface area contributed by atoms with Gasteiger partial charge in [0.25, 0.3) is 5.91 Å². The van der Waals surface area contributed by atoms with Gasteiger partial charge >= 0.3 is 0 Å². The van der Waals surface area contributed by atoms with Crippen LogP contribution in [0, 0.1) is 0 Å². The fourth-order valence-corrected chi connectivity index (χ4v) is 3.49. The van der Waals surface area contributed by atoms with Gasteiger partial charge in [-0.05, 0) is 46.6 Å². The fourth-order valence-electron chi connectivity index (χ4n) is 2.73. The van der Waals surface area contributed by atoms with E-state index in [1.54, 1.807) is 20.2 Å². The molecule has 1 aromatic heterocycles. The highest BCUT2D eigenvalue weighted by Gasteiger charge is 2.28. The first-order valence-corrected chi connectivity index (χ1v) is 10.2. The predicted molar refractivity (Wildman–Crippen MR) is 109 cm³/mol. The molecule has 2 rings (SSSR count). The Morgan fingerprint density at radius 1 is 1.50 bits per heavy atom. The van der Waals surface area contributed by atoms with Crippen molar-refractivity contribution in [1.82, 2.24) is 9.88 Å². The molecule has 2 heterocycles. The lowest BCUT2D eigenvalue weighted by molar-refractivity contribution is 0.0827. The van der Waals surface area contributed by atoms with Gasteiger partial charge in [0.15, 0.2) is 0 Å². The van der Waals surface area contributed by atoms with Crippen LogP contribution in [0.15, 0.2) is 10.5 Å². The molecular formula is C18H27ClN4O2S. The van der Waals surface area contributed by atoms with Crippen molar-refractivity contribution in [2.24, 2.45) is 4.40 Å². The standard InChI is InChI=1S/C18H27ClN4O2S/c1-12-8-7-9-23(12)15-10-13(17(24)22(5)6)14(16(19)21-15)11-20-26(25)18(2,3)4/h10-12H,7-9H2,1-6H3/t12-,26?/m1/s1. The van der Waals surface area contributed by atoms with Crippen LogP contribution in [0.1, 0.15) is 56.5 Å². The lowest BCUT2D eigenvalue weighted by Crippen LogP contribution is -2.29. The summed E-state index contributed by atoms with van der Waals surface area (Å²) in [5, 5.41) is 0.196. The highest BCUT2D eigenvalue weighted by atomic mass is 35.5. The summed E-state index contributed by atoms with van der Waals surface area (Å²) < 4.78 is 15.8. The van der Waals surface area contributed by atoms with Crippen LogP contribution >= 0.6 is 11.6 Å². The third-order valence-corrected chi connectivity index (χ3v) is 5.92. The number of anilines is 1. The number of aromatic nitrogens is 1. The van der Waals surface area contributed by atoms with Crippen molar-refractivity contribution in [3.63, 3.8) is 0 Å². The number of pyridine rings is 1. The summed E-state index contributed by atoms with van der Waals surface area (Å²) in [6.45, 7) is 8.54. The summed E-state index contributed by atoms with van der Waals surface area (Å²) in [5.74, 6) is 0.504. The highest BCUT2D eigenvalue weighted by molar-refractivity contribution is 7.91. The molecule has 0 bridgehead atoms. The van der Waals surface area contributed by atoms with Gasteiger partial charge < -0.3 is 14.4 Å². The first-order valence-electron chi connectivity index (χ1n) is 8.67. The predicted octanol–water partition coefficient (Wildman–Crippen LogP) is 3.31. The normalized spacial score (nSPS) is 19.2. The molecule has 26 heavy (non-hydrogen) atoms. The number of carbonyl (C=O) groups is 1. The van der Waals surface area contributed by atoms with Crippen LogP contribution in [0.3, 0.4) is 0 Å². The Labute approximate surface area is 163 Å². The van der Waals surface area contributed by atoms with E-state index in [1.165, 1.54) is 11.1 Å². The summed E-state index contributed by atoms with van der Waals surface area (Å²) in [6.07, 6.45) is 3.58. The Morgan fingerprint density at radius 2 is 2.15 bits per heavy atom. The molecule has 2 atom stereocenters. The number of hydrogen-bond donors (Lipinski definition) is 0. The molecule has 1 fully saturated rings. The number of rotatable bonds is 4. The average Bonchev–Trinajstić information content (AvgIpc) is 2.97. The largest absolute Gasteiger partial charge is 0.591 e. The maximum absolute atomic E-state index is 12.7. The van der Waals surface area contributed by atoms with E-state index < -0.39 is 16.1 Å². The number of hydrogen-bond acceptors (Lipinski definition) is 5. The van der Waals surface area contributed by atoms with Crippen LogP contribution in [0.5, 0.6) is 0 Å². The average molecular weight is 399 g/mol. The Morgan fingerprint density at radius 3 is 2.65 bits per heavy atom. The molecule has 0 aliphatic carbocycles. The van der Waals surface area contributed by atoms with Gasteiger partial charge in [0, 0.05) is 32.2 Å². The molecule has 0 radical (unpaired) electrons. The lowest BCUT2D eigenvalue weighted by atomic mass is 10.1. The molecule has 0 spiro atoms. The van der Waals surface area contributed by atoms with E-state index in [0.29, 0.717) is 23.0 Å². The number of halogens is 1. The maximum Gasteiger partial charge on any atom is 0.254 e. The van der Waals surface area contributed by atoms with Gasteiger partial charge in [0.2, 0.25) is 0 Å². The van der Waals surface area contributed by atoms with Gasteiger partial charge in [-0.15, -0.1) is 0 Å². The Hall–Kier alpha value is -1.31. The summed E-state index contributed by atoms with van der Waals surface area (Å²) in [6, 6.07) is 2.12. The van der Waals surface area contributed by atoms with Gasteiger partial charge in [0.05, 0.1) is 11.8 Å². The van der Waals surface area contributed by atoms with Crippen molar-refractivity contribution in [3.05, 3.63) is 22.3 Å². The van der Waals surface area contributed by atoms with Crippen molar-refractivity contribution in [3.8, 4) is 0 Å². The molecule has 8 heteroatoms. The van der Waals surface area contributed by atoms with Crippen LogP contribution in [-0.2, 0) is 11.4 Å². The van der Waals surface area contributed by atoms with Crippen LogP contribution in [0.2, 0.25) is 5.15 Å². The van der Waals surface area contributed by atoms with Gasteiger partial charge in [-0.1, -0.05) is 16.0 Å². The van der Waals surface area contributed by atoms with Crippen LogP contribution < -0.4 is 4.90 Å². The summed E-state index contributed by atoms with van der Waals surface area (Å²) in [5.41, 5.74) is 0.817. The molecule has 1 saturated heterocycles.